The highest BCUT2D eigenvalue weighted by Gasteiger charge is 2.41. The SMILES string of the molecule is CCC(C)[C@H](CC(=O)[C@H](Cc1ccc(O)cc1)NC(=O)[C@@H](CC(=O)[C@H](CCCN=C(N)N)NC(=O)CN(C)C(=O)OCc1ccccc1)C(C)C)C(=O)N[C@@H](Cc1cnc[nH]1)C(=O)N1CCC[C@H]1C(=O)N[C@H](C)C(=O)OCc1ccccc1. The number of nitrogens with two attached hydrogens (primary N) is 2. The number of ketones is 2. The number of aromatic amines is 1. The molecule has 23 nitrogen and oxygen atoms in total. The quantitative estimate of drug-likeness (QED) is 0.0149. The summed E-state index contributed by atoms with van der Waals surface area (Å²) in [7, 11) is 1.38. The van der Waals surface area contributed by atoms with Gasteiger partial charge in [-0.05, 0) is 79.7 Å². The summed E-state index contributed by atoms with van der Waals surface area (Å²) in [6.07, 6.45) is 2.85. The Morgan fingerprint density at radius 3 is 1.96 bits per heavy atom. The number of likely N-dealkylation sites (N-methyl/N-ethyl adjacent to an activating group) is 1. The van der Waals surface area contributed by atoms with Crippen molar-refractivity contribution in [2.75, 3.05) is 26.7 Å². The number of carbonyl (C=O) groups is 9. The van der Waals surface area contributed by atoms with Gasteiger partial charge in [0, 0.05) is 63.1 Å². The van der Waals surface area contributed by atoms with E-state index in [1.807, 2.05) is 31.2 Å². The first-order valence-electron chi connectivity index (χ1n) is 28.1. The number of aromatic hydroxyl groups is 1. The number of Topliss-reactive ketones (excluding diaryl/α,β-unsaturated/α-hetero) is 2. The van der Waals surface area contributed by atoms with Crippen molar-refractivity contribution >= 4 is 59.1 Å². The monoisotopic (exact) mass is 1150 g/mol. The summed E-state index contributed by atoms with van der Waals surface area (Å²) in [6, 6.07) is 18.5. The number of nitrogens with zero attached hydrogens (tertiary/aromatic N) is 4. The van der Waals surface area contributed by atoms with Gasteiger partial charge in [0.25, 0.3) is 0 Å². The number of aliphatic imine (C=N–C) groups is 1. The smallest absolute Gasteiger partial charge is 0.410 e. The first-order chi connectivity index (χ1) is 39.6. The van der Waals surface area contributed by atoms with Crippen molar-refractivity contribution in [3.8, 4) is 5.75 Å². The summed E-state index contributed by atoms with van der Waals surface area (Å²) in [6.45, 7) is 8.48. The van der Waals surface area contributed by atoms with Gasteiger partial charge in [0.15, 0.2) is 17.5 Å². The van der Waals surface area contributed by atoms with E-state index in [-0.39, 0.29) is 76.5 Å². The summed E-state index contributed by atoms with van der Waals surface area (Å²) < 4.78 is 10.8. The van der Waals surface area contributed by atoms with Crippen LogP contribution in [0.5, 0.6) is 5.75 Å². The van der Waals surface area contributed by atoms with Crippen LogP contribution < -0.4 is 32.7 Å². The molecule has 1 aliphatic rings. The van der Waals surface area contributed by atoms with Crippen LogP contribution in [0.25, 0.3) is 0 Å². The van der Waals surface area contributed by atoms with E-state index in [2.05, 4.69) is 36.2 Å². The van der Waals surface area contributed by atoms with Crippen molar-refractivity contribution in [2.45, 2.75) is 136 Å². The zero-order valence-electron chi connectivity index (χ0n) is 48.2. The maximum absolute atomic E-state index is 14.8. The van der Waals surface area contributed by atoms with E-state index in [1.54, 1.807) is 69.3 Å². The number of esters is 1. The Labute approximate surface area is 484 Å². The Balaban J connectivity index is 1.32. The van der Waals surface area contributed by atoms with Crippen molar-refractivity contribution < 1.29 is 57.7 Å². The largest absolute Gasteiger partial charge is 0.508 e. The van der Waals surface area contributed by atoms with Crippen LogP contribution in [0.4, 0.5) is 4.79 Å². The molecule has 8 atom stereocenters. The van der Waals surface area contributed by atoms with Gasteiger partial charge in [0.1, 0.15) is 43.6 Å². The number of phenols is 1. The predicted molar refractivity (Wildman–Crippen MR) is 308 cm³/mol. The molecule has 83 heavy (non-hydrogen) atoms. The highest BCUT2D eigenvalue weighted by Crippen LogP contribution is 2.26. The zero-order valence-corrected chi connectivity index (χ0v) is 48.2. The lowest BCUT2D eigenvalue weighted by Gasteiger charge is -2.31. The molecule has 0 aliphatic carbocycles. The van der Waals surface area contributed by atoms with Crippen molar-refractivity contribution in [3.63, 3.8) is 0 Å². The molecule has 6 amide bonds. The van der Waals surface area contributed by atoms with Crippen LogP contribution in [0.15, 0.2) is 102 Å². The molecule has 5 rings (SSSR count). The summed E-state index contributed by atoms with van der Waals surface area (Å²) in [5.41, 5.74) is 13.7. The third-order valence-corrected chi connectivity index (χ3v) is 14.7. The number of hydrogen-bond donors (Lipinski definition) is 8. The van der Waals surface area contributed by atoms with Crippen LogP contribution in [0, 0.1) is 23.7 Å². The maximum Gasteiger partial charge on any atom is 0.410 e. The normalized spacial score (nSPS) is 15.5. The minimum atomic E-state index is -1.25. The number of nitrogens with one attached hydrogen (secondary N) is 5. The molecule has 23 heteroatoms. The molecule has 10 N–H and O–H groups in total. The van der Waals surface area contributed by atoms with E-state index < -0.39 is 114 Å². The number of aromatic nitrogens is 2. The van der Waals surface area contributed by atoms with Crippen LogP contribution >= 0.6 is 0 Å². The topological polar surface area (TPSA) is 340 Å². The molecule has 2 heterocycles. The van der Waals surface area contributed by atoms with Crippen molar-refractivity contribution in [2.24, 2.45) is 40.1 Å². The summed E-state index contributed by atoms with van der Waals surface area (Å²) >= 11 is 0. The lowest BCUT2D eigenvalue weighted by atomic mass is 9.83. The maximum atomic E-state index is 14.8. The number of amides is 6. The van der Waals surface area contributed by atoms with E-state index in [0.29, 0.717) is 30.5 Å². The standard InChI is InChI=1S/C60H81N11O12/c1-7-38(4)46(55(77)69-49(29-43-32-63-36-65-43)57(79)71-27-15-21-50(71)56(78)66-39(5)58(80)82-34-41-16-10-8-11-17-41)31-52(74)48(28-40-22-24-44(72)25-23-40)68-54(76)45(37(2)3)30-51(73)47(20-14-26-64-59(61)62)67-53(75)33-70(6)60(81)83-35-42-18-12-9-13-19-42/h8-13,16-19,22-25,32,36-39,45-50,72H,7,14-15,20-21,26-31,33-35H2,1-6H3,(H,63,65)(H,66,78)(H,67,75)(H,68,76)(H,69,77)(H4,61,62,64)/t38?,39-,45+,46+,47+,48+,49+,50+/m1/s1. The number of ether oxygens (including phenoxy) is 2. The number of rotatable bonds is 32. The van der Waals surface area contributed by atoms with E-state index in [9.17, 15) is 48.3 Å². The van der Waals surface area contributed by atoms with Gasteiger partial charge < -0.3 is 62.1 Å². The molecule has 1 aliphatic heterocycles. The molecule has 1 unspecified atom stereocenters. The summed E-state index contributed by atoms with van der Waals surface area (Å²) in [4.78, 5) is 139. The van der Waals surface area contributed by atoms with Gasteiger partial charge in [-0.1, -0.05) is 107 Å². The van der Waals surface area contributed by atoms with Crippen molar-refractivity contribution in [1.29, 1.82) is 0 Å². The van der Waals surface area contributed by atoms with Gasteiger partial charge in [-0.3, -0.25) is 38.6 Å². The highest BCUT2D eigenvalue weighted by atomic mass is 16.6. The third-order valence-electron chi connectivity index (χ3n) is 14.7. The average molecular weight is 1150 g/mol. The van der Waals surface area contributed by atoms with E-state index in [1.165, 1.54) is 43.5 Å². The molecule has 4 aromatic rings. The molecular weight excluding hydrogens is 1070 g/mol. The van der Waals surface area contributed by atoms with Crippen LogP contribution in [-0.4, -0.2) is 141 Å². The average Bonchev–Trinajstić information content (AvgIpc) is 4.41. The molecule has 3 aromatic carbocycles. The minimum absolute atomic E-state index is 0.00893. The predicted octanol–water partition coefficient (Wildman–Crippen LogP) is 3.77. The molecule has 1 fully saturated rings. The second-order valence-electron chi connectivity index (χ2n) is 21.4. The highest BCUT2D eigenvalue weighted by molar-refractivity contribution is 5.98. The Kier molecular flexibility index (Phi) is 25.7. The number of phenolic OH excluding ortho intramolecular Hbond substituents is 1. The Morgan fingerprint density at radius 2 is 1.36 bits per heavy atom. The van der Waals surface area contributed by atoms with Gasteiger partial charge in [-0.15, -0.1) is 0 Å². The fourth-order valence-corrected chi connectivity index (χ4v) is 9.56. The summed E-state index contributed by atoms with van der Waals surface area (Å²) in [5, 5.41) is 21.3. The molecule has 1 aromatic heterocycles. The second kappa shape index (κ2) is 32.7. The van der Waals surface area contributed by atoms with Gasteiger partial charge in [-0.25, -0.2) is 14.6 Å². The number of benzene rings is 3. The van der Waals surface area contributed by atoms with Crippen LogP contribution in [-0.2, 0) is 73.9 Å². The number of imidazole rings is 1. The van der Waals surface area contributed by atoms with E-state index in [4.69, 9.17) is 20.9 Å². The molecule has 1 saturated heterocycles. The minimum Gasteiger partial charge on any atom is -0.508 e. The van der Waals surface area contributed by atoms with E-state index >= 15 is 0 Å². The van der Waals surface area contributed by atoms with Gasteiger partial charge >= 0.3 is 12.1 Å². The Hall–Kier alpha value is -8.63. The molecule has 0 radical (unpaired) electrons. The molecular formula is C60H81N11O12. The number of hydrogen-bond acceptors (Lipinski definition) is 14. The number of likely N-dealkylation sites (tertiary alicyclic amines) is 1. The van der Waals surface area contributed by atoms with Gasteiger partial charge in [0.05, 0.1) is 18.4 Å². The van der Waals surface area contributed by atoms with E-state index in [0.717, 1.165) is 16.0 Å². The van der Waals surface area contributed by atoms with Crippen LogP contribution in [0.3, 0.4) is 0 Å². The molecule has 0 saturated carbocycles. The molecule has 0 spiro atoms. The van der Waals surface area contributed by atoms with Crippen LogP contribution in [0.2, 0.25) is 0 Å². The molecule has 448 valence electrons. The fourth-order valence-electron chi connectivity index (χ4n) is 9.56. The first kappa shape index (κ1) is 65.2. The number of H-pyrrole nitrogens is 1. The van der Waals surface area contributed by atoms with Gasteiger partial charge in [-0.2, -0.15) is 0 Å². The third kappa shape index (κ3) is 21.0. The summed E-state index contributed by atoms with van der Waals surface area (Å²) in [5.74, 6) is -7.90. The first-order valence-corrected chi connectivity index (χ1v) is 28.1. The fraction of sp³-hybridized carbons (Fsp3) is 0.483. The van der Waals surface area contributed by atoms with Crippen molar-refractivity contribution in [1.82, 2.24) is 41.0 Å². The Bertz CT molecular complexity index is 2810. The number of guanidine groups is 1. The second-order valence-corrected chi connectivity index (χ2v) is 21.4. The Morgan fingerprint density at radius 1 is 0.759 bits per heavy atom. The lowest BCUT2D eigenvalue weighted by Crippen LogP contribution is -2.56. The van der Waals surface area contributed by atoms with Gasteiger partial charge in [0.2, 0.25) is 29.5 Å². The molecule has 0 bridgehead atoms. The van der Waals surface area contributed by atoms with Crippen LogP contribution in [0.1, 0.15) is 102 Å². The zero-order chi connectivity index (χ0) is 60.6. The number of carbonyl (C=O) groups excluding carboxylic acids is 9. The van der Waals surface area contributed by atoms with Crippen molar-refractivity contribution in [3.05, 3.63) is 120 Å². The lowest BCUT2D eigenvalue weighted by molar-refractivity contribution is -0.149.